The van der Waals surface area contributed by atoms with E-state index in [-0.39, 0.29) is 18.4 Å². The molecule has 0 saturated carbocycles. The summed E-state index contributed by atoms with van der Waals surface area (Å²) >= 11 is 0. The second-order valence-electron chi connectivity index (χ2n) is 6.73. The molecule has 4 rings (SSSR count). The van der Waals surface area contributed by atoms with Crippen LogP contribution in [-0.2, 0) is 9.53 Å². The van der Waals surface area contributed by atoms with Gasteiger partial charge in [-0.25, -0.2) is 9.97 Å². The molecule has 1 aliphatic rings. The molecule has 1 aromatic carbocycles. The number of benzene rings is 1. The Hall–Kier alpha value is -2.67. The zero-order valence-corrected chi connectivity index (χ0v) is 15.0. The van der Waals surface area contributed by atoms with Crippen LogP contribution in [0.2, 0.25) is 0 Å². The van der Waals surface area contributed by atoms with Gasteiger partial charge in [0.1, 0.15) is 16.9 Å². The Kier molecular flexibility index (Phi) is 4.46. The maximum absolute atomic E-state index is 12.0. The Morgan fingerprint density at radius 1 is 1.23 bits per heavy atom. The zero-order chi connectivity index (χ0) is 18.1. The Labute approximate surface area is 151 Å². The largest absolute Gasteiger partial charge is 0.450 e. The number of furan rings is 1. The summed E-state index contributed by atoms with van der Waals surface area (Å²) in [6.45, 7) is 1.60. The van der Waals surface area contributed by atoms with Crippen LogP contribution >= 0.6 is 0 Å². The van der Waals surface area contributed by atoms with Crippen LogP contribution in [0.4, 0.5) is 5.82 Å². The van der Waals surface area contributed by atoms with E-state index in [0.29, 0.717) is 11.4 Å². The SMILES string of the molecule is CN(C)C(=O)CNc1nc(C2CCOCC2)nc2c1oc1ccccc12. The van der Waals surface area contributed by atoms with Gasteiger partial charge in [0.05, 0.1) is 6.54 Å². The number of anilines is 1. The van der Waals surface area contributed by atoms with Crippen LogP contribution in [0.25, 0.3) is 22.1 Å². The van der Waals surface area contributed by atoms with Crippen molar-refractivity contribution in [3.63, 3.8) is 0 Å². The van der Waals surface area contributed by atoms with Crippen LogP contribution in [0.5, 0.6) is 0 Å². The molecule has 0 aliphatic carbocycles. The summed E-state index contributed by atoms with van der Waals surface area (Å²) in [6, 6.07) is 7.81. The average molecular weight is 354 g/mol. The van der Waals surface area contributed by atoms with E-state index < -0.39 is 0 Å². The summed E-state index contributed by atoms with van der Waals surface area (Å²) in [6.07, 6.45) is 1.80. The van der Waals surface area contributed by atoms with Crippen LogP contribution in [0.3, 0.4) is 0 Å². The molecule has 0 spiro atoms. The summed E-state index contributed by atoms with van der Waals surface area (Å²) < 4.78 is 11.4. The number of para-hydroxylation sites is 1. The average Bonchev–Trinajstić information content (AvgIpc) is 3.05. The van der Waals surface area contributed by atoms with Gasteiger partial charge in [-0.2, -0.15) is 0 Å². The Balaban J connectivity index is 1.79. The normalized spacial score (nSPS) is 15.5. The number of carbonyl (C=O) groups is 1. The van der Waals surface area contributed by atoms with Crippen LogP contribution < -0.4 is 5.32 Å². The number of hydrogen-bond donors (Lipinski definition) is 1. The third-order valence-electron chi connectivity index (χ3n) is 4.73. The first-order valence-corrected chi connectivity index (χ1v) is 8.84. The van der Waals surface area contributed by atoms with E-state index in [4.69, 9.17) is 19.1 Å². The van der Waals surface area contributed by atoms with Crippen molar-refractivity contribution in [2.75, 3.05) is 39.2 Å². The molecule has 7 heteroatoms. The van der Waals surface area contributed by atoms with Crippen LogP contribution in [-0.4, -0.2) is 54.6 Å². The third-order valence-corrected chi connectivity index (χ3v) is 4.73. The molecule has 0 atom stereocenters. The van der Waals surface area contributed by atoms with Gasteiger partial charge in [-0.15, -0.1) is 0 Å². The number of hydrogen-bond acceptors (Lipinski definition) is 6. The summed E-state index contributed by atoms with van der Waals surface area (Å²) in [5.74, 6) is 1.59. The lowest BCUT2D eigenvalue weighted by molar-refractivity contribution is -0.126. The molecular weight excluding hydrogens is 332 g/mol. The number of nitrogens with zero attached hydrogens (tertiary/aromatic N) is 3. The van der Waals surface area contributed by atoms with Gasteiger partial charge in [0.2, 0.25) is 5.91 Å². The molecule has 1 amide bonds. The zero-order valence-electron chi connectivity index (χ0n) is 15.0. The van der Waals surface area contributed by atoms with E-state index in [1.54, 1.807) is 19.0 Å². The number of rotatable bonds is 4. The standard InChI is InChI=1S/C19H22N4O3/c1-23(2)15(24)11-20-19-17-16(13-5-3-4-6-14(13)26-17)21-18(22-19)12-7-9-25-10-8-12/h3-6,12H,7-11H2,1-2H3,(H,20,21,22). The van der Waals surface area contributed by atoms with Gasteiger partial charge in [0.25, 0.3) is 0 Å². The fourth-order valence-electron chi connectivity index (χ4n) is 3.18. The molecule has 3 heterocycles. The van der Waals surface area contributed by atoms with Gasteiger partial charge in [-0.05, 0) is 25.0 Å². The van der Waals surface area contributed by atoms with Crippen molar-refractivity contribution in [3.8, 4) is 0 Å². The van der Waals surface area contributed by atoms with Gasteiger partial charge < -0.3 is 19.4 Å². The fourth-order valence-corrected chi connectivity index (χ4v) is 3.18. The maximum Gasteiger partial charge on any atom is 0.241 e. The summed E-state index contributed by atoms with van der Waals surface area (Å²) in [7, 11) is 3.46. The molecule has 1 aliphatic heterocycles. The molecule has 1 saturated heterocycles. The molecule has 1 N–H and O–H groups in total. The molecule has 7 nitrogen and oxygen atoms in total. The minimum atomic E-state index is -0.0273. The van der Waals surface area contributed by atoms with E-state index in [1.165, 1.54) is 0 Å². The lowest BCUT2D eigenvalue weighted by Crippen LogP contribution is -2.29. The van der Waals surface area contributed by atoms with Gasteiger partial charge >= 0.3 is 0 Å². The summed E-state index contributed by atoms with van der Waals surface area (Å²) in [5, 5.41) is 4.10. The van der Waals surface area contributed by atoms with E-state index in [9.17, 15) is 4.79 Å². The Bertz CT molecular complexity index is 945. The molecule has 0 bridgehead atoms. The molecule has 1 fully saturated rings. The lowest BCUT2D eigenvalue weighted by Gasteiger charge is -2.21. The van der Waals surface area contributed by atoms with Crippen LogP contribution in [0, 0.1) is 0 Å². The van der Waals surface area contributed by atoms with Gasteiger partial charge in [-0.1, -0.05) is 12.1 Å². The van der Waals surface area contributed by atoms with E-state index in [0.717, 1.165) is 48.4 Å². The molecule has 0 radical (unpaired) electrons. The van der Waals surface area contributed by atoms with E-state index in [1.807, 2.05) is 24.3 Å². The highest BCUT2D eigenvalue weighted by Crippen LogP contribution is 2.34. The van der Waals surface area contributed by atoms with Crippen molar-refractivity contribution in [1.29, 1.82) is 0 Å². The highest BCUT2D eigenvalue weighted by Gasteiger charge is 2.23. The summed E-state index contributed by atoms with van der Waals surface area (Å²) in [5.41, 5.74) is 2.15. The summed E-state index contributed by atoms with van der Waals surface area (Å²) in [4.78, 5) is 23.1. The van der Waals surface area contributed by atoms with Crippen molar-refractivity contribution in [2.45, 2.75) is 18.8 Å². The molecule has 3 aromatic rings. The van der Waals surface area contributed by atoms with E-state index in [2.05, 4.69) is 5.32 Å². The van der Waals surface area contributed by atoms with Crippen LogP contribution in [0.1, 0.15) is 24.6 Å². The molecule has 136 valence electrons. The topological polar surface area (TPSA) is 80.5 Å². The highest BCUT2D eigenvalue weighted by atomic mass is 16.5. The smallest absolute Gasteiger partial charge is 0.241 e. The number of nitrogens with one attached hydrogen (secondary N) is 1. The van der Waals surface area contributed by atoms with Crippen molar-refractivity contribution < 1.29 is 13.9 Å². The number of carbonyl (C=O) groups excluding carboxylic acids is 1. The fraction of sp³-hybridized carbons (Fsp3) is 0.421. The maximum atomic E-state index is 12.0. The molecular formula is C19H22N4O3. The monoisotopic (exact) mass is 354 g/mol. The first-order valence-electron chi connectivity index (χ1n) is 8.84. The molecule has 2 aromatic heterocycles. The minimum absolute atomic E-state index is 0.0273. The second kappa shape index (κ2) is 6.92. The van der Waals surface area contributed by atoms with Crippen molar-refractivity contribution >= 4 is 33.8 Å². The number of likely N-dealkylation sites (N-methyl/N-ethyl adjacent to an activating group) is 1. The predicted octanol–water partition coefficient (Wildman–Crippen LogP) is 2.77. The number of aromatic nitrogens is 2. The third kappa shape index (κ3) is 3.10. The van der Waals surface area contributed by atoms with Crippen molar-refractivity contribution in [1.82, 2.24) is 14.9 Å². The Morgan fingerprint density at radius 3 is 2.77 bits per heavy atom. The molecule has 26 heavy (non-hydrogen) atoms. The Morgan fingerprint density at radius 2 is 2.00 bits per heavy atom. The first kappa shape index (κ1) is 16.8. The van der Waals surface area contributed by atoms with Crippen molar-refractivity contribution in [3.05, 3.63) is 30.1 Å². The quantitative estimate of drug-likeness (QED) is 0.776. The van der Waals surface area contributed by atoms with E-state index >= 15 is 0 Å². The predicted molar refractivity (Wildman–Crippen MR) is 99.3 cm³/mol. The first-order chi connectivity index (χ1) is 12.6. The number of fused-ring (bicyclic) bond motifs is 3. The highest BCUT2D eigenvalue weighted by molar-refractivity contribution is 6.05. The second-order valence-corrected chi connectivity index (χ2v) is 6.73. The van der Waals surface area contributed by atoms with Crippen molar-refractivity contribution in [2.24, 2.45) is 0 Å². The van der Waals surface area contributed by atoms with Gasteiger partial charge in [-0.3, -0.25) is 4.79 Å². The van der Waals surface area contributed by atoms with Gasteiger partial charge in [0.15, 0.2) is 11.4 Å². The number of amides is 1. The lowest BCUT2D eigenvalue weighted by atomic mass is 9.99. The minimum Gasteiger partial charge on any atom is -0.450 e. The van der Waals surface area contributed by atoms with Gasteiger partial charge in [0, 0.05) is 38.6 Å². The molecule has 0 unspecified atom stereocenters. The number of ether oxygens (including phenoxy) is 1. The van der Waals surface area contributed by atoms with Crippen LogP contribution in [0.15, 0.2) is 28.7 Å².